The summed E-state index contributed by atoms with van der Waals surface area (Å²) >= 11 is 0. The largest absolute Gasteiger partial charge is 0.361 e. The zero-order valence-corrected chi connectivity index (χ0v) is 7.01. The minimum atomic E-state index is 0.960. The third-order valence-corrected chi connectivity index (χ3v) is 2.12. The van der Waals surface area contributed by atoms with E-state index in [1.54, 1.807) is 0 Å². The van der Waals surface area contributed by atoms with Crippen molar-refractivity contribution >= 4 is 10.9 Å². The summed E-state index contributed by atoms with van der Waals surface area (Å²) in [7, 11) is 0. The number of benzene rings is 1. The van der Waals surface area contributed by atoms with Gasteiger partial charge in [-0.2, -0.15) is 0 Å². The molecule has 0 saturated heterocycles. The minimum absolute atomic E-state index is 0.960. The molecule has 1 radical (unpaired) electrons. The predicted molar refractivity (Wildman–Crippen MR) is 52.0 cm³/mol. The second kappa shape index (κ2) is 3.02. The fourth-order valence-corrected chi connectivity index (χ4v) is 1.53. The van der Waals surface area contributed by atoms with Crippen LogP contribution in [0.2, 0.25) is 0 Å². The molecule has 1 heterocycles. The van der Waals surface area contributed by atoms with Crippen LogP contribution in [0.4, 0.5) is 0 Å². The molecule has 2 rings (SSSR count). The molecule has 2 aromatic rings. The average molecular weight is 158 g/mol. The Bertz CT molecular complexity index is 373. The fraction of sp³-hybridized carbons (Fsp3) is 0.182. The van der Waals surface area contributed by atoms with E-state index in [1.807, 2.05) is 6.07 Å². The van der Waals surface area contributed by atoms with Gasteiger partial charge in [0.15, 0.2) is 0 Å². The van der Waals surface area contributed by atoms with Crippen LogP contribution >= 0.6 is 0 Å². The molecule has 0 spiro atoms. The quantitative estimate of drug-likeness (QED) is 0.691. The van der Waals surface area contributed by atoms with Gasteiger partial charge in [-0.25, -0.2) is 0 Å². The van der Waals surface area contributed by atoms with Crippen LogP contribution in [-0.4, -0.2) is 4.98 Å². The van der Waals surface area contributed by atoms with Crippen molar-refractivity contribution in [3.63, 3.8) is 0 Å². The van der Waals surface area contributed by atoms with E-state index >= 15 is 0 Å². The summed E-state index contributed by atoms with van der Waals surface area (Å²) in [4.78, 5) is 3.25. The lowest BCUT2D eigenvalue weighted by Crippen LogP contribution is -1.78. The SMILES string of the molecule is [CH2]CCc1c[nH]c2ccccc12. The standard InChI is InChI=1S/C11H12N/c1-2-5-9-8-12-11-7-4-3-6-10(9)11/h3-4,6-8,12H,1-2,5H2. The number of aryl methyl sites for hydroxylation is 1. The Hall–Kier alpha value is -1.24. The van der Waals surface area contributed by atoms with Crippen molar-refractivity contribution in [2.24, 2.45) is 0 Å². The zero-order valence-electron chi connectivity index (χ0n) is 7.01. The fourth-order valence-electron chi connectivity index (χ4n) is 1.53. The van der Waals surface area contributed by atoms with Gasteiger partial charge in [-0.15, -0.1) is 0 Å². The van der Waals surface area contributed by atoms with Gasteiger partial charge in [-0.1, -0.05) is 25.1 Å². The summed E-state index contributed by atoms with van der Waals surface area (Å²) in [5, 5.41) is 1.33. The molecule has 0 saturated carbocycles. The van der Waals surface area contributed by atoms with Crippen LogP contribution in [0.15, 0.2) is 30.5 Å². The number of aromatic amines is 1. The lowest BCUT2D eigenvalue weighted by molar-refractivity contribution is 1.01. The molecule has 1 heteroatoms. The van der Waals surface area contributed by atoms with Gasteiger partial charge in [0.1, 0.15) is 0 Å². The van der Waals surface area contributed by atoms with E-state index in [-0.39, 0.29) is 0 Å². The van der Waals surface area contributed by atoms with E-state index < -0.39 is 0 Å². The van der Waals surface area contributed by atoms with E-state index in [0.29, 0.717) is 0 Å². The molecule has 1 aromatic carbocycles. The van der Waals surface area contributed by atoms with Gasteiger partial charge in [0.05, 0.1) is 0 Å². The number of H-pyrrole nitrogens is 1. The van der Waals surface area contributed by atoms with Crippen LogP contribution < -0.4 is 0 Å². The highest BCUT2D eigenvalue weighted by Crippen LogP contribution is 2.18. The number of rotatable bonds is 2. The van der Waals surface area contributed by atoms with Crippen LogP contribution in [0.1, 0.15) is 12.0 Å². The normalized spacial score (nSPS) is 10.8. The summed E-state index contributed by atoms with van der Waals surface area (Å²) in [5.74, 6) is 0. The minimum Gasteiger partial charge on any atom is -0.361 e. The lowest BCUT2D eigenvalue weighted by atomic mass is 10.1. The molecule has 0 aliphatic carbocycles. The number of hydrogen-bond acceptors (Lipinski definition) is 0. The average Bonchev–Trinajstić information content (AvgIpc) is 2.50. The first kappa shape index (κ1) is 7.41. The molecule has 1 N–H and O–H groups in total. The maximum Gasteiger partial charge on any atom is 0.0456 e. The predicted octanol–water partition coefficient (Wildman–Crippen LogP) is 2.93. The van der Waals surface area contributed by atoms with Crippen molar-refractivity contribution in [1.29, 1.82) is 0 Å². The van der Waals surface area contributed by atoms with Crippen LogP contribution in [0.25, 0.3) is 10.9 Å². The van der Waals surface area contributed by atoms with Gasteiger partial charge in [0.25, 0.3) is 0 Å². The first-order valence-electron chi connectivity index (χ1n) is 4.26. The lowest BCUT2D eigenvalue weighted by Gasteiger charge is -1.93. The van der Waals surface area contributed by atoms with Crippen LogP contribution in [0.3, 0.4) is 0 Å². The molecule has 0 aliphatic rings. The van der Waals surface area contributed by atoms with Gasteiger partial charge >= 0.3 is 0 Å². The second-order valence-corrected chi connectivity index (χ2v) is 2.96. The molecule has 0 atom stereocenters. The van der Waals surface area contributed by atoms with Crippen molar-refractivity contribution in [2.75, 3.05) is 0 Å². The van der Waals surface area contributed by atoms with Gasteiger partial charge < -0.3 is 4.98 Å². The van der Waals surface area contributed by atoms with E-state index in [4.69, 9.17) is 0 Å². The summed E-state index contributed by atoms with van der Waals surface area (Å²) in [6, 6.07) is 8.37. The van der Waals surface area contributed by atoms with Crippen LogP contribution in [-0.2, 0) is 6.42 Å². The van der Waals surface area contributed by atoms with E-state index in [1.165, 1.54) is 16.5 Å². The molecule has 1 aromatic heterocycles. The monoisotopic (exact) mass is 158 g/mol. The third-order valence-electron chi connectivity index (χ3n) is 2.12. The molecule has 0 fully saturated rings. The third kappa shape index (κ3) is 1.11. The Kier molecular flexibility index (Phi) is 1.86. The Morgan fingerprint density at radius 2 is 2.08 bits per heavy atom. The number of nitrogens with one attached hydrogen (secondary N) is 1. The van der Waals surface area contributed by atoms with Crippen molar-refractivity contribution in [2.45, 2.75) is 12.8 Å². The molecule has 61 valence electrons. The summed E-state index contributed by atoms with van der Waals surface area (Å²) in [5.41, 5.74) is 2.60. The van der Waals surface area contributed by atoms with Gasteiger partial charge in [0.2, 0.25) is 0 Å². The molecule has 0 aliphatic heterocycles. The van der Waals surface area contributed by atoms with Crippen molar-refractivity contribution < 1.29 is 0 Å². The summed E-state index contributed by atoms with van der Waals surface area (Å²) in [6.45, 7) is 3.85. The number of aromatic nitrogens is 1. The molecule has 0 bridgehead atoms. The number of hydrogen-bond donors (Lipinski definition) is 1. The smallest absolute Gasteiger partial charge is 0.0456 e. The topological polar surface area (TPSA) is 15.8 Å². The Balaban J connectivity index is 2.55. The molecule has 0 amide bonds. The van der Waals surface area contributed by atoms with Crippen molar-refractivity contribution in [1.82, 2.24) is 4.98 Å². The van der Waals surface area contributed by atoms with E-state index in [9.17, 15) is 0 Å². The van der Waals surface area contributed by atoms with Gasteiger partial charge in [-0.3, -0.25) is 0 Å². The molecular formula is C11H12N. The Labute approximate surface area is 72.4 Å². The first-order chi connectivity index (χ1) is 5.92. The maximum absolute atomic E-state index is 3.85. The highest BCUT2D eigenvalue weighted by atomic mass is 14.7. The highest BCUT2D eigenvalue weighted by Gasteiger charge is 1.99. The summed E-state index contributed by atoms with van der Waals surface area (Å²) < 4.78 is 0. The van der Waals surface area contributed by atoms with Crippen LogP contribution in [0.5, 0.6) is 0 Å². The number of para-hydroxylation sites is 1. The molecule has 12 heavy (non-hydrogen) atoms. The molecule has 1 nitrogen and oxygen atoms in total. The van der Waals surface area contributed by atoms with Crippen molar-refractivity contribution in [3.05, 3.63) is 42.9 Å². The van der Waals surface area contributed by atoms with Gasteiger partial charge in [0, 0.05) is 17.1 Å². The molecule has 0 unspecified atom stereocenters. The van der Waals surface area contributed by atoms with Crippen LogP contribution in [0, 0.1) is 6.92 Å². The van der Waals surface area contributed by atoms with Crippen molar-refractivity contribution in [3.8, 4) is 0 Å². The maximum atomic E-state index is 3.85. The second-order valence-electron chi connectivity index (χ2n) is 2.96. The Morgan fingerprint density at radius 1 is 1.25 bits per heavy atom. The molecular weight excluding hydrogens is 146 g/mol. The van der Waals surface area contributed by atoms with Gasteiger partial charge in [-0.05, 0) is 24.5 Å². The number of fused-ring (bicyclic) bond motifs is 1. The van der Waals surface area contributed by atoms with E-state index in [2.05, 4.69) is 36.3 Å². The highest BCUT2D eigenvalue weighted by molar-refractivity contribution is 5.82. The zero-order chi connectivity index (χ0) is 8.39. The first-order valence-corrected chi connectivity index (χ1v) is 4.26. The summed E-state index contributed by atoms with van der Waals surface area (Å²) in [6.07, 6.45) is 4.10. The van der Waals surface area contributed by atoms with E-state index in [0.717, 1.165) is 12.8 Å². The Morgan fingerprint density at radius 3 is 2.92 bits per heavy atom.